The molecule has 0 aliphatic carbocycles. The highest BCUT2D eigenvalue weighted by Gasteiger charge is 2.39. The Morgan fingerprint density at radius 1 is 1.07 bits per heavy atom. The maximum absolute atomic E-state index is 13.6. The smallest absolute Gasteiger partial charge is 0.169 e. The number of nitrogens with two attached hydrogens (primary N) is 1. The zero-order valence-electron chi connectivity index (χ0n) is 15.7. The van der Waals surface area contributed by atoms with Crippen LogP contribution in [0.1, 0.15) is 6.42 Å². The fourth-order valence-electron chi connectivity index (χ4n) is 4.50. The second-order valence-corrected chi connectivity index (χ2v) is 7.69. The van der Waals surface area contributed by atoms with Crippen LogP contribution in [0.2, 0.25) is 0 Å². The summed E-state index contributed by atoms with van der Waals surface area (Å²) in [5.41, 5.74) is 8.99. The van der Waals surface area contributed by atoms with Gasteiger partial charge in [0.25, 0.3) is 0 Å². The highest BCUT2D eigenvalue weighted by molar-refractivity contribution is 5.74. The summed E-state index contributed by atoms with van der Waals surface area (Å²) in [5.74, 6) is 0.638. The van der Waals surface area contributed by atoms with Crippen LogP contribution in [0, 0.1) is 11.7 Å². The first kappa shape index (κ1) is 17.7. The van der Waals surface area contributed by atoms with Gasteiger partial charge in [-0.05, 0) is 30.5 Å². The molecule has 2 aliphatic rings. The molecule has 0 saturated carbocycles. The predicted molar refractivity (Wildman–Crippen MR) is 109 cm³/mol. The number of rotatable bonds is 3. The molecular weight excluding hydrogens is 371 g/mol. The number of piperidine rings is 1. The van der Waals surface area contributed by atoms with E-state index >= 15 is 0 Å². The fourth-order valence-corrected chi connectivity index (χ4v) is 4.50. The Hall–Kier alpha value is -3.42. The monoisotopic (exact) mass is 392 g/mol. The second-order valence-electron chi connectivity index (χ2n) is 7.69. The molecule has 2 aliphatic heterocycles. The number of hydrogen-bond acceptors (Lipinski definition) is 7. The molecule has 0 spiro atoms. The summed E-state index contributed by atoms with van der Waals surface area (Å²) in [7, 11) is 0. The molecule has 3 aromatic rings. The zero-order chi connectivity index (χ0) is 20.0. The van der Waals surface area contributed by atoms with E-state index < -0.39 is 0 Å². The van der Waals surface area contributed by atoms with Crippen LogP contribution < -0.4 is 15.5 Å². The Balaban J connectivity index is 1.44. The number of aromatic hydroxyl groups is 1. The number of hydrogen-bond donors (Lipinski definition) is 2. The van der Waals surface area contributed by atoms with Gasteiger partial charge in [-0.1, -0.05) is 12.1 Å². The van der Waals surface area contributed by atoms with Crippen molar-refractivity contribution in [1.29, 1.82) is 0 Å². The number of fused-ring (bicyclic) bond motifs is 2. The highest BCUT2D eigenvalue weighted by Crippen LogP contribution is 2.38. The molecule has 148 valence electrons. The molecule has 2 fully saturated rings. The summed E-state index contributed by atoms with van der Waals surface area (Å²) in [4.78, 5) is 8.45. The lowest BCUT2D eigenvalue weighted by atomic mass is 9.99. The number of para-hydroxylation sites is 1. The molecule has 3 N–H and O–H groups in total. The Morgan fingerprint density at radius 3 is 2.76 bits per heavy atom. The number of nitrogen functional groups attached to an aromatic ring is 1. The van der Waals surface area contributed by atoms with E-state index in [1.165, 1.54) is 12.3 Å². The molecule has 1 aromatic carbocycles. The maximum Gasteiger partial charge on any atom is 0.169 e. The number of aromatic nitrogens is 3. The average molecular weight is 392 g/mol. The molecule has 2 saturated heterocycles. The number of benzene rings is 1. The van der Waals surface area contributed by atoms with Gasteiger partial charge in [0.05, 0.1) is 29.5 Å². The Bertz CT molecular complexity index is 1060. The van der Waals surface area contributed by atoms with E-state index in [2.05, 4.69) is 25.0 Å². The number of phenols is 1. The summed E-state index contributed by atoms with van der Waals surface area (Å²) in [5, 5.41) is 18.5. The number of nitrogens with zero attached hydrogens (tertiary/aromatic N) is 5. The quantitative estimate of drug-likeness (QED) is 0.708. The largest absolute Gasteiger partial charge is 0.507 e. The van der Waals surface area contributed by atoms with Crippen LogP contribution in [0.4, 0.5) is 21.6 Å². The van der Waals surface area contributed by atoms with Crippen molar-refractivity contribution in [2.45, 2.75) is 12.5 Å². The molecule has 0 amide bonds. The molecule has 4 heterocycles. The van der Waals surface area contributed by atoms with Crippen LogP contribution in [0.5, 0.6) is 5.75 Å². The highest BCUT2D eigenvalue weighted by atomic mass is 19.1. The summed E-state index contributed by atoms with van der Waals surface area (Å²) >= 11 is 0. The maximum atomic E-state index is 13.6. The minimum Gasteiger partial charge on any atom is -0.507 e. The van der Waals surface area contributed by atoms with Gasteiger partial charge in [0.15, 0.2) is 5.82 Å². The van der Waals surface area contributed by atoms with Crippen LogP contribution in [-0.2, 0) is 0 Å². The van der Waals surface area contributed by atoms with Crippen LogP contribution in [-0.4, -0.2) is 46.0 Å². The lowest BCUT2D eigenvalue weighted by molar-refractivity contribution is 0.476. The van der Waals surface area contributed by atoms with Crippen molar-refractivity contribution < 1.29 is 9.50 Å². The summed E-state index contributed by atoms with van der Waals surface area (Å²) in [6, 6.07) is 10.7. The molecule has 7 nitrogen and oxygen atoms in total. The van der Waals surface area contributed by atoms with Crippen molar-refractivity contribution >= 4 is 17.2 Å². The van der Waals surface area contributed by atoms with Crippen molar-refractivity contribution in [1.82, 2.24) is 15.2 Å². The van der Waals surface area contributed by atoms with E-state index in [4.69, 9.17) is 5.73 Å². The topological polar surface area (TPSA) is 91.4 Å². The molecule has 5 rings (SSSR count). The van der Waals surface area contributed by atoms with E-state index in [0.717, 1.165) is 37.4 Å². The minimum absolute atomic E-state index is 0.154. The zero-order valence-corrected chi connectivity index (χ0v) is 15.7. The summed E-state index contributed by atoms with van der Waals surface area (Å²) in [6.45, 7) is 2.45. The first-order valence-corrected chi connectivity index (χ1v) is 9.62. The van der Waals surface area contributed by atoms with Crippen LogP contribution >= 0.6 is 0 Å². The lowest BCUT2D eigenvalue weighted by Crippen LogP contribution is -2.43. The number of pyridine rings is 1. The molecule has 29 heavy (non-hydrogen) atoms. The van der Waals surface area contributed by atoms with Crippen LogP contribution in [0.25, 0.3) is 11.3 Å². The van der Waals surface area contributed by atoms with E-state index in [9.17, 15) is 9.50 Å². The van der Waals surface area contributed by atoms with Gasteiger partial charge in [0.2, 0.25) is 0 Å². The molecule has 8 heteroatoms. The molecular formula is C21H21FN6O. The van der Waals surface area contributed by atoms with Crippen molar-refractivity contribution in [2.75, 3.05) is 35.2 Å². The van der Waals surface area contributed by atoms with Crippen LogP contribution in [0.3, 0.4) is 0 Å². The molecule has 2 unspecified atom stereocenters. The third-order valence-corrected chi connectivity index (χ3v) is 5.75. The third-order valence-electron chi connectivity index (χ3n) is 5.75. The molecule has 0 radical (unpaired) electrons. The average Bonchev–Trinajstić information content (AvgIpc) is 3.02. The van der Waals surface area contributed by atoms with Gasteiger partial charge >= 0.3 is 0 Å². The van der Waals surface area contributed by atoms with Crippen molar-refractivity contribution in [3.63, 3.8) is 0 Å². The lowest BCUT2D eigenvalue weighted by Gasteiger charge is -2.35. The van der Waals surface area contributed by atoms with E-state index in [-0.39, 0.29) is 17.6 Å². The Morgan fingerprint density at radius 2 is 1.93 bits per heavy atom. The van der Waals surface area contributed by atoms with Gasteiger partial charge in [-0.25, -0.2) is 4.39 Å². The first-order valence-electron chi connectivity index (χ1n) is 9.62. The Labute approximate surface area is 167 Å². The standard InChI is InChI=1S/C21H21FN6O/c22-14-6-15(9-24-8-14)28-11-13-5-16(28)12-27(10-13)19-7-18(25-26-21(19)23)17-3-1-2-4-20(17)29/h1-4,6-9,13,16,29H,5,10-12H2,(H2,23,26). The van der Waals surface area contributed by atoms with Gasteiger partial charge < -0.3 is 20.6 Å². The summed E-state index contributed by atoms with van der Waals surface area (Å²) in [6.07, 6.45) is 3.99. The van der Waals surface area contributed by atoms with Crippen LogP contribution in [0.15, 0.2) is 48.8 Å². The third kappa shape index (κ3) is 3.20. The second kappa shape index (κ2) is 6.88. The molecule has 2 aromatic heterocycles. The van der Waals surface area contributed by atoms with Crippen molar-refractivity contribution in [3.8, 4) is 17.0 Å². The van der Waals surface area contributed by atoms with E-state index in [1.54, 1.807) is 24.4 Å². The van der Waals surface area contributed by atoms with Gasteiger partial charge in [0, 0.05) is 37.3 Å². The van der Waals surface area contributed by atoms with Gasteiger partial charge in [-0.15, -0.1) is 10.2 Å². The fraction of sp³-hybridized carbons (Fsp3) is 0.286. The molecule has 2 bridgehead atoms. The minimum atomic E-state index is -0.323. The van der Waals surface area contributed by atoms with Gasteiger partial charge in [0.1, 0.15) is 11.6 Å². The normalized spacial score (nSPS) is 20.9. The predicted octanol–water partition coefficient (Wildman–Crippen LogP) is 2.68. The van der Waals surface area contributed by atoms with E-state index in [0.29, 0.717) is 23.0 Å². The van der Waals surface area contributed by atoms with Gasteiger partial charge in [-0.2, -0.15) is 0 Å². The van der Waals surface area contributed by atoms with Crippen molar-refractivity contribution in [2.24, 2.45) is 5.92 Å². The SMILES string of the molecule is Nc1nnc(-c2ccccc2O)cc1N1CC2CC(C1)N(c1cncc(F)c1)C2. The van der Waals surface area contributed by atoms with Gasteiger partial charge in [-0.3, -0.25) is 4.98 Å². The van der Waals surface area contributed by atoms with E-state index in [1.807, 2.05) is 12.1 Å². The van der Waals surface area contributed by atoms with Crippen molar-refractivity contribution in [3.05, 3.63) is 54.6 Å². The Kier molecular flexibility index (Phi) is 4.19. The summed E-state index contributed by atoms with van der Waals surface area (Å²) < 4.78 is 13.6. The number of halogens is 1. The molecule has 2 atom stereocenters. The number of anilines is 3. The number of phenolic OH excluding ortho intramolecular Hbond substituents is 1. The first-order chi connectivity index (χ1) is 14.1.